The Bertz CT molecular complexity index is 608. The summed E-state index contributed by atoms with van der Waals surface area (Å²) in [6.07, 6.45) is 1.05. The van der Waals surface area contributed by atoms with Crippen LogP contribution in [0.5, 0.6) is 0 Å². The highest BCUT2D eigenvalue weighted by molar-refractivity contribution is 6.35. The van der Waals surface area contributed by atoms with Crippen molar-refractivity contribution >= 4 is 41.0 Å². The molecule has 1 heterocycles. The van der Waals surface area contributed by atoms with Gasteiger partial charge in [0.05, 0.1) is 5.56 Å². The Kier molecular flexibility index (Phi) is 5.85. The first-order chi connectivity index (χ1) is 10.9. The standard InChI is InChI=1S/C15H16Cl2N2O4/c16-11-5-10(6-12(17)7-11)15(22)23-8-13(20)19-3-1-9(2-4-19)14(18)21/h5-7,9H,1-4,8H2,(H2,18,21). The molecular weight excluding hydrogens is 343 g/mol. The number of ether oxygens (including phenoxy) is 1. The molecule has 2 N–H and O–H groups in total. The van der Waals surface area contributed by atoms with Crippen LogP contribution in [0.4, 0.5) is 0 Å². The van der Waals surface area contributed by atoms with Gasteiger partial charge in [-0.15, -0.1) is 0 Å². The van der Waals surface area contributed by atoms with Gasteiger partial charge in [0.15, 0.2) is 6.61 Å². The SMILES string of the molecule is NC(=O)C1CCN(C(=O)COC(=O)c2cc(Cl)cc(Cl)c2)CC1. The molecule has 6 nitrogen and oxygen atoms in total. The number of primary amides is 1. The van der Waals surface area contributed by atoms with Crippen molar-refractivity contribution < 1.29 is 19.1 Å². The average Bonchev–Trinajstić information content (AvgIpc) is 2.51. The molecule has 0 radical (unpaired) electrons. The Morgan fingerprint density at radius 3 is 2.22 bits per heavy atom. The van der Waals surface area contributed by atoms with Crippen LogP contribution >= 0.6 is 23.2 Å². The Morgan fingerprint density at radius 2 is 1.70 bits per heavy atom. The molecule has 2 rings (SSSR count). The van der Waals surface area contributed by atoms with Gasteiger partial charge in [-0.1, -0.05) is 23.2 Å². The Morgan fingerprint density at radius 1 is 1.13 bits per heavy atom. The molecule has 1 aliphatic rings. The normalized spacial score (nSPS) is 15.3. The van der Waals surface area contributed by atoms with Gasteiger partial charge in [0.1, 0.15) is 0 Å². The highest BCUT2D eigenvalue weighted by Gasteiger charge is 2.26. The van der Waals surface area contributed by atoms with Crippen molar-refractivity contribution in [3.05, 3.63) is 33.8 Å². The van der Waals surface area contributed by atoms with Gasteiger partial charge in [-0.2, -0.15) is 0 Å². The summed E-state index contributed by atoms with van der Waals surface area (Å²) in [4.78, 5) is 36.6. The molecule has 2 amide bonds. The number of nitrogens with two attached hydrogens (primary N) is 1. The maximum Gasteiger partial charge on any atom is 0.338 e. The number of likely N-dealkylation sites (tertiary alicyclic amines) is 1. The van der Waals surface area contributed by atoms with E-state index in [9.17, 15) is 14.4 Å². The third-order valence-electron chi connectivity index (χ3n) is 3.68. The molecule has 0 unspecified atom stereocenters. The molecule has 0 aliphatic carbocycles. The van der Waals surface area contributed by atoms with Crippen LogP contribution in [-0.4, -0.2) is 42.4 Å². The summed E-state index contributed by atoms with van der Waals surface area (Å²) in [6, 6.07) is 4.32. The van der Waals surface area contributed by atoms with Gasteiger partial charge in [-0.25, -0.2) is 4.79 Å². The molecule has 0 bridgehead atoms. The highest BCUT2D eigenvalue weighted by atomic mass is 35.5. The van der Waals surface area contributed by atoms with E-state index in [-0.39, 0.29) is 29.9 Å². The molecule has 1 aromatic carbocycles. The lowest BCUT2D eigenvalue weighted by Crippen LogP contribution is -2.43. The first-order valence-corrected chi connectivity index (χ1v) is 7.82. The lowest BCUT2D eigenvalue weighted by molar-refractivity contribution is -0.137. The van der Waals surface area contributed by atoms with Crippen molar-refractivity contribution in [3.63, 3.8) is 0 Å². The fourth-order valence-corrected chi connectivity index (χ4v) is 2.91. The maximum absolute atomic E-state index is 12.0. The number of piperidine rings is 1. The van der Waals surface area contributed by atoms with Crippen molar-refractivity contribution in [3.8, 4) is 0 Å². The number of carbonyl (C=O) groups excluding carboxylic acids is 3. The van der Waals surface area contributed by atoms with Gasteiger partial charge in [0, 0.05) is 29.1 Å². The van der Waals surface area contributed by atoms with Crippen LogP contribution in [0.1, 0.15) is 23.2 Å². The summed E-state index contributed by atoms with van der Waals surface area (Å²) in [7, 11) is 0. The van der Waals surface area contributed by atoms with E-state index in [0.29, 0.717) is 36.0 Å². The number of nitrogens with zero attached hydrogens (tertiary/aromatic N) is 1. The fourth-order valence-electron chi connectivity index (χ4n) is 2.39. The van der Waals surface area contributed by atoms with E-state index in [1.165, 1.54) is 18.2 Å². The van der Waals surface area contributed by atoms with E-state index in [1.54, 1.807) is 4.90 Å². The van der Waals surface area contributed by atoms with Crippen molar-refractivity contribution in [2.45, 2.75) is 12.8 Å². The topological polar surface area (TPSA) is 89.7 Å². The molecule has 23 heavy (non-hydrogen) atoms. The smallest absolute Gasteiger partial charge is 0.338 e. The van der Waals surface area contributed by atoms with Gasteiger partial charge >= 0.3 is 5.97 Å². The van der Waals surface area contributed by atoms with Gasteiger partial charge in [0.25, 0.3) is 5.91 Å². The van der Waals surface area contributed by atoms with Crippen LogP contribution in [0.2, 0.25) is 10.0 Å². The van der Waals surface area contributed by atoms with Crippen LogP contribution in [0.15, 0.2) is 18.2 Å². The van der Waals surface area contributed by atoms with Crippen molar-refractivity contribution in [2.24, 2.45) is 11.7 Å². The number of halogens is 2. The van der Waals surface area contributed by atoms with E-state index in [4.69, 9.17) is 33.7 Å². The van der Waals surface area contributed by atoms with Crippen molar-refractivity contribution in [2.75, 3.05) is 19.7 Å². The molecule has 0 atom stereocenters. The minimum absolute atomic E-state index is 0.183. The van der Waals surface area contributed by atoms with Crippen molar-refractivity contribution in [1.29, 1.82) is 0 Å². The van der Waals surface area contributed by atoms with E-state index >= 15 is 0 Å². The zero-order valence-electron chi connectivity index (χ0n) is 12.3. The van der Waals surface area contributed by atoms with Gasteiger partial charge in [-0.3, -0.25) is 9.59 Å². The Labute approximate surface area is 143 Å². The zero-order chi connectivity index (χ0) is 17.0. The van der Waals surface area contributed by atoms with Crippen LogP contribution in [0.3, 0.4) is 0 Å². The van der Waals surface area contributed by atoms with Crippen LogP contribution in [-0.2, 0) is 14.3 Å². The molecule has 8 heteroatoms. The van der Waals surface area contributed by atoms with Gasteiger partial charge < -0.3 is 15.4 Å². The summed E-state index contributed by atoms with van der Waals surface area (Å²) in [5.41, 5.74) is 5.43. The van der Waals surface area contributed by atoms with E-state index < -0.39 is 5.97 Å². The monoisotopic (exact) mass is 358 g/mol. The van der Waals surface area contributed by atoms with Crippen LogP contribution < -0.4 is 5.73 Å². The van der Waals surface area contributed by atoms with Gasteiger partial charge in [0.2, 0.25) is 5.91 Å². The first-order valence-electron chi connectivity index (χ1n) is 7.07. The molecular formula is C15H16Cl2N2O4. The molecule has 1 saturated heterocycles. The minimum atomic E-state index is -0.672. The predicted octanol–water partition coefficient (Wildman–Crippen LogP) is 1.87. The third-order valence-corrected chi connectivity index (χ3v) is 4.11. The number of hydrogen-bond donors (Lipinski definition) is 1. The van der Waals surface area contributed by atoms with E-state index in [2.05, 4.69) is 0 Å². The lowest BCUT2D eigenvalue weighted by atomic mass is 9.96. The molecule has 124 valence electrons. The largest absolute Gasteiger partial charge is 0.452 e. The fraction of sp³-hybridized carbons (Fsp3) is 0.400. The summed E-state index contributed by atoms with van der Waals surface area (Å²) in [5.74, 6) is -1.53. The Hall–Kier alpha value is -1.79. The summed E-state index contributed by atoms with van der Waals surface area (Å²) >= 11 is 11.6. The van der Waals surface area contributed by atoms with Crippen LogP contribution in [0, 0.1) is 5.92 Å². The number of benzene rings is 1. The maximum atomic E-state index is 12.0. The second kappa shape index (κ2) is 7.66. The molecule has 0 saturated carbocycles. The number of carbonyl (C=O) groups is 3. The van der Waals surface area contributed by atoms with Crippen molar-refractivity contribution in [1.82, 2.24) is 4.90 Å². The lowest BCUT2D eigenvalue weighted by Gasteiger charge is -2.30. The van der Waals surface area contributed by atoms with Gasteiger partial charge in [-0.05, 0) is 31.0 Å². The summed E-state index contributed by atoms with van der Waals surface area (Å²) in [6.45, 7) is 0.476. The summed E-state index contributed by atoms with van der Waals surface area (Å²) in [5, 5.41) is 0.619. The zero-order valence-corrected chi connectivity index (χ0v) is 13.8. The minimum Gasteiger partial charge on any atom is -0.452 e. The second-order valence-electron chi connectivity index (χ2n) is 5.29. The van der Waals surface area contributed by atoms with E-state index in [0.717, 1.165) is 0 Å². The number of amides is 2. The molecule has 1 aliphatic heterocycles. The third kappa shape index (κ3) is 4.84. The number of rotatable bonds is 4. The van der Waals surface area contributed by atoms with E-state index in [1.807, 2.05) is 0 Å². The first kappa shape index (κ1) is 17.6. The second-order valence-corrected chi connectivity index (χ2v) is 6.16. The number of esters is 1. The predicted molar refractivity (Wildman–Crippen MR) is 85.2 cm³/mol. The molecule has 0 spiro atoms. The number of hydrogen-bond acceptors (Lipinski definition) is 4. The summed E-state index contributed by atoms with van der Waals surface area (Å²) < 4.78 is 4.99. The molecule has 1 fully saturated rings. The average molecular weight is 359 g/mol. The Balaban J connectivity index is 1.85. The molecule has 1 aromatic rings. The van der Waals surface area contributed by atoms with Crippen LogP contribution in [0.25, 0.3) is 0 Å². The molecule has 0 aromatic heterocycles. The quantitative estimate of drug-likeness (QED) is 0.832. The highest BCUT2D eigenvalue weighted by Crippen LogP contribution is 2.20.